The lowest BCUT2D eigenvalue weighted by atomic mass is 9.96. The van der Waals surface area contributed by atoms with Crippen LogP contribution in [0.2, 0.25) is 0 Å². The molecule has 0 aliphatic carbocycles. The Morgan fingerprint density at radius 2 is 1.83 bits per heavy atom. The standard InChI is InChI=1S/C17H24F4N2.ClH/c1-2-3-4-5-16(23-10-8-22-9-11-23)13-6-7-15(18)14(12-13)17(19,20)21;/h6-7,12,16,22H,2-5,8-11H2,1H3;1H/t16-;/m0./s1. The lowest BCUT2D eigenvalue weighted by Crippen LogP contribution is -2.45. The van der Waals surface area contributed by atoms with Gasteiger partial charge in [0.15, 0.2) is 0 Å². The number of hydrogen-bond acceptors (Lipinski definition) is 2. The average Bonchev–Trinajstić information content (AvgIpc) is 2.52. The van der Waals surface area contributed by atoms with E-state index in [-0.39, 0.29) is 18.4 Å². The molecule has 0 amide bonds. The maximum absolute atomic E-state index is 13.5. The zero-order chi connectivity index (χ0) is 16.9. The van der Waals surface area contributed by atoms with E-state index in [1.54, 1.807) is 0 Å². The molecule has 1 heterocycles. The maximum Gasteiger partial charge on any atom is 0.419 e. The molecule has 0 bridgehead atoms. The number of nitrogens with one attached hydrogen (secondary N) is 1. The van der Waals surface area contributed by atoms with E-state index in [1.807, 2.05) is 0 Å². The van der Waals surface area contributed by atoms with Crippen molar-refractivity contribution in [1.29, 1.82) is 0 Å². The van der Waals surface area contributed by atoms with Crippen LogP contribution in [0.15, 0.2) is 18.2 Å². The lowest BCUT2D eigenvalue weighted by Gasteiger charge is -2.35. The number of nitrogens with zero attached hydrogens (tertiary/aromatic N) is 1. The van der Waals surface area contributed by atoms with Crippen molar-refractivity contribution in [1.82, 2.24) is 10.2 Å². The first-order valence-electron chi connectivity index (χ1n) is 8.25. The van der Waals surface area contributed by atoms with E-state index in [1.165, 1.54) is 6.07 Å². The minimum absolute atomic E-state index is 0. The highest BCUT2D eigenvalue weighted by Gasteiger charge is 2.35. The van der Waals surface area contributed by atoms with Crippen LogP contribution >= 0.6 is 12.4 Å². The molecule has 0 unspecified atom stereocenters. The Hall–Kier alpha value is -0.850. The third-order valence-corrected chi connectivity index (χ3v) is 4.35. The van der Waals surface area contributed by atoms with E-state index in [0.29, 0.717) is 5.56 Å². The van der Waals surface area contributed by atoms with E-state index >= 15 is 0 Å². The predicted molar refractivity (Wildman–Crippen MR) is 90.0 cm³/mol. The smallest absolute Gasteiger partial charge is 0.314 e. The fraction of sp³-hybridized carbons (Fsp3) is 0.647. The Balaban J connectivity index is 0.00000288. The number of halogens is 5. The van der Waals surface area contributed by atoms with Gasteiger partial charge in [0.25, 0.3) is 0 Å². The largest absolute Gasteiger partial charge is 0.419 e. The second-order valence-electron chi connectivity index (χ2n) is 6.03. The summed E-state index contributed by atoms with van der Waals surface area (Å²) in [6.45, 7) is 5.36. The van der Waals surface area contributed by atoms with Crippen LogP contribution in [0.1, 0.15) is 49.8 Å². The third kappa shape index (κ3) is 5.60. The Morgan fingerprint density at radius 3 is 2.42 bits per heavy atom. The Labute approximate surface area is 147 Å². The average molecular weight is 369 g/mol. The first kappa shape index (κ1) is 21.2. The fourth-order valence-electron chi connectivity index (χ4n) is 3.11. The van der Waals surface area contributed by atoms with Crippen molar-refractivity contribution < 1.29 is 17.6 Å². The summed E-state index contributed by atoms with van der Waals surface area (Å²) in [5, 5.41) is 3.25. The van der Waals surface area contributed by atoms with Crippen molar-refractivity contribution in [2.24, 2.45) is 0 Å². The van der Waals surface area contributed by atoms with Crippen LogP contribution in [-0.2, 0) is 6.18 Å². The van der Waals surface area contributed by atoms with Crippen molar-refractivity contribution in [3.05, 3.63) is 35.1 Å². The van der Waals surface area contributed by atoms with Crippen LogP contribution in [0, 0.1) is 5.82 Å². The molecule has 1 fully saturated rings. The van der Waals surface area contributed by atoms with E-state index in [9.17, 15) is 17.6 Å². The van der Waals surface area contributed by atoms with E-state index < -0.39 is 17.6 Å². The topological polar surface area (TPSA) is 15.3 Å². The van der Waals surface area contributed by atoms with Gasteiger partial charge in [-0.15, -0.1) is 12.4 Å². The van der Waals surface area contributed by atoms with E-state index in [2.05, 4.69) is 17.1 Å². The highest BCUT2D eigenvalue weighted by molar-refractivity contribution is 5.85. The summed E-state index contributed by atoms with van der Waals surface area (Å²) >= 11 is 0. The second-order valence-corrected chi connectivity index (χ2v) is 6.03. The zero-order valence-corrected chi connectivity index (χ0v) is 14.7. The fourth-order valence-corrected chi connectivity index (χ4v) is 3.11. The summed E-state index contributed by atoms with van der Waals surface area (Å²) in [5.74, 6) is -1.20. The molecule has 2 rings (SSSR count). The van der Waals surface area contributed by atoms with Crippen LogP contribution in [0.4, 0.5) is 17.6 Å². The minimum Gasteiger partial charge on any atom is -0.314 e. The molecule has 2 nitrogen and oxygen atoms in total. The van der Waals surface area contributed by atoms with E-state index in [0.717, 1.165) is 64.0 Å². The molecule has 1 aromatic carbocycles. The van der Waals surface area contributed by atoms with Gasteiger partial charge in [-0.2, -0.15) is 13.2 Å². The predicted octanol–water partition coefficient (Wildman–Crippen LogP) is 4.79. The third-order valence-electron chi connectivity index (χ3n) is 4.35. The van der Waals surface area contributed by atoms with Gasteiger partial charge in [-0.05, 0) is 24.1 Å². The van der Waals surface area contributed by atoms with Crippen molar-refractivity contribution in [3.8, 4) is 0 Å². The molecule has 1 aliphatic rings. The first-order chi connectivity index (χ1) is 10.9. The Kier molecular flexibility index (Phi) is 8.46. The van der Waals surface area contributed by atoms with Gasteiger partial charge in [-0.1, -0.05) is 32.3 Å². The molecule has 1 N–H and O–H groups in total. The molecule has 0 radical (unpaired) electrons. The number of piperazine rings is 1. The molecule has 24 heavy (non-hydrogen) atoms. The normalized spacial score (nSPS) is 17.4. The van der Waals surface area contributed by atoms with Crippen molar-refractivity contribution >= 4 is 12.4 Å². The quantitative estimate of drug-likeness (QED) is 0.573. The van der Waals surface area contributed by atoms with Gasteiger partial charge >= 0.3 is 6.18 Å². The molecule has 0 aromatic heterocycles. The van der Waals surface area contributed by atoms with Crippen LogP contribution in [0.25, 0.3) is 0 Å². The van der Waals surface area contributed by atoms with Crippen molar-refractivity contribution in [3.63, 3.8) is 0 Å². The van der Waals surface area contributed by atoms with Crippen LogP contribution in [0.3, 0.4) is 0 Å². The molecule has 0 saturated carbocycles. The van der Waals surface area contributed by atoms with Gasteiger partial charge < -0.3 is 5.32 Å². The number of rotatable bonds is 6. The molecule has 138 valence electrons. The minimum atomic E-state index is -4.66. The molecule has 0 spiro atoms. The zero-order valence-electron chi connectivity index (χ0n) is 13.8. The number of alkyl halides is 3. The number of benzene rings is 1. The highest BCUT2D eigenvalue weighted by atomic mass is 35.5. The highest BCUT2D eigenvalue weighted by Crippen LogP contribution is 2.35. The maximum atomic E-state index is 13.5. The molecule has 7 heteroatoms. The summed E-state index contributed by atoms with van der Waals surface area (Å²) < 4.78 is 52.5. The number of unbranched alkanes of at least 4 members (excludes halogenated alkanes) is 2. The summed E-state index contributed by atoms with van der Waals surface area (Å²) in [5.41, 5.74) is -0.595. The molecule has 1 aromatic rings. The number of hydrogen-bond donors (Lipinski definition) is 1. The van der Waals surface area contributed by atoms with Gasteiger partial charge in [0.1, 0.15) is 5.82 Å². The Bertz CT molecular complexity index is 502. The van der Waals surface area contributed by atoms with Crippen molar-refractivity contribution in [2.75, 3.05) is 26.2 Å². The van der Waals surface area contributed by atoms with Crippen LogP contribution in [-0.4, -0.2) is 31.1 Å². The summed E-state index contributed by atoms with van der Waals surface area (Å²) in [4.78, 5) is 2.21. The van der Waals surface area contributed by atoms with Crippen LogP contribution < -0.4 is 5.32 Å². The lowest BCUT2D eigenvalue weighted by molar-refractivity contribution is -0.140. The van der Waals surface area contributed by atoms with Crippen LogP contribution in [0.5, 0.6) is 0 Å². The van der Waals surface area contributed by atoms with Crippen molar-refractivity contribution in [2.45, 2.75) is 44.8 Å². The summed E-state index contributed by atoms with van der Waals surface area (Å²) in [7, 11) is 0. The second kappa shape index (κ2) is 9.59. The summed E-state index contributed by atoms with van der Waals surface area (Å²) in [6.07, 6.45) is -0.778. The van der Waals surface area contributed by atoms with E-state index in [4.69, 9.17) is 0 Å². The first-order valence-corrected chi connectivity index (χ1v) is 8.25. The molecule has 1 atom stereocenters. The SMILES string of the molecule is CCCCC[C@@H](c1ccc(F)c(C(F)(F)F)c1)N1CCNCC1.Cl. The summed E-state index contributed by atoms with van der Waals surface area (Å²) in [6, 6.07) is 3.37. The monoisotopic (exact) mass is 368 g/mol. The Morgan fingerprint density at radius 1 is 1.17 bits per heavy atom. The van der Waals surface area contributed by atoms with Gasteiger partial charge in [0.2, 0.25) is 0 Å². The van der Waals surface area contributed by atoms with Gasteiger partial charge in [0.05, 0.1) is 5.56 Å². The van der Waals surface area contributed by atoms with Gasteiger partial charge in [0, 0.05) is 32.2 Å². The molecular formula is C17H25ClF4N2. The molecule has 1 aliphatic heterocycles. The molecule has 1 saturated heterocycles. The van der Waals surface area contributed by atoms with Gasteiger partial charge in [-0.25, -0.2) is 4.39 Å². The van der Waals surface area contributed by atoms with Gasteiger partial charge in [-0.3, -0.25) is 4.90 Å². The molecular weight excluding hydrogens is 344 g/mol.